The van der Waals surface area contributed by atoms with Gasteiger partial charge in [0.15, 0.2) is 5.78 Å². The highest BCUT2D eigenvalue weighted by Gasteiger charge is 2.21. The summed E-state index contributed by atoms with van der Waals surface area (Å²) in [7, 11) is 0. The number of benzene rings is 1. The fourth-order valence-corrected chi connectivity index (χ4v) is 2.37. The zero-order valence-electron chi connectivity index (χ0n) is 9.73. The lowest BCUT2D eigenvalue weighted by Crippen LogP contribution is -2.05. The fraction of sp³-hybridized carbons (Fsp3) is 0.200. The molecule has 2 nitrogen and oxygen atoms in total. The van der Waals surface area contributed by atoms with Crippen molar-refractivity contribution in [3.8, 4) is 0 Å². The van der Waals surface area contributed by atoms with Crippen molar-refractivity contribution in [3.63, 3.8) is 0 Å². The Kier molecular flexibility index (Phi) is 2.29. The van der Waals surface area contributed by atoms with Crippen molar-refractivity contribution in [2.45, 2.75) is 19.8 Å². The molecule has 0 aliphatic heterocycles. The van der Waals surface area contributed by atoms with Crippen LogP contribution in [0.15, 0.2) is 36.4 Å². The maximum Gasteiger partial charge on any atom is 0.195 e. The smallest absolute Gasteiger partial charge is 0.195 e. The second kappa shape index (κ2) is 3.81. The minimum atomic E-state index is 0.112. The molecule has 0 unspecified atom stereocenters. The number of ketones is 1. The zero-order chi connectivity index (χ0) is 11.8. The number of hydrogen-bond donors (Lipinski definition) is 0. The highest BCUT2D eigenvalue weighted by Crippen LogP contribution is 2.23. The van der Waals surface area contributed by atoms with Crippen molar-refractivity contribution < 1.29 is 4.79 Å². The molecule has 0 fully saturated rings. The average Bonchev–Trinajstić information content (AvgIpc) is 2.48. The van der Waals surface area contributed by atoms with Crippen LogP contribution in [0.2, 0.25) is 0 Å². The summed E-state index contributed by atoms with van der Waals surface area (Å²) in [6.07, 6.45) is 1.74. The van der Waals surface area contributed by atoms with Gasteiger partial charge in [-0.05, 0) is 37.5 Å². The molecule has 2 aromatic rings. The summed E-state index contributed by atoms with van der Waals surface area (Å²) in [4.78, 5) is 16.9. The molecule has 3 rings (SSSR count). The van der Waals surface area contributed by atoms with Gasteiger partial charge in [-0.2, -0.15) is 0 Å². The van der Waals surface area contributed by atoms with Gasteiger partial charge in [0.2, 0.25) is 0 Å². The molecule has 0 N–H and O–H groups in total. The van der Waals surface area contributed by atoms with E-state index in [9.17, 15) is 4.79 Å². The summed E-state index contributed by atoms with van der Waals surface area (Å²) in [5, 5.41) is 0. The molecule has 0 saturated carbocycles. The van der Waals surface area contributed by atoms with E-state index in [0.29, 0.717) is 0 Å². The maximum absolute atomic E-state index is 12.4. The lowest BCUT2D eigenvalue weighted by Gasteiger charge is -2.04. The molecule has 84 valence electrons. The van der Waals surface area contributed by atoms with E-state index >= 15 is 0 Å². The first kappa shape index (κ1) is 10.2. The normalized spacial score (nSPS) is 13.8. The Morgan fingerprint density at radius 2 is 1.82 bits per heavy atom. The topological polar surface area (TPSA) is 30.0 Å². The van der Waals surface area contributed by atoms with Gasteiger partial charge in [0, 0.05) is 16.8 Å². The van der Waals surface area contributed by atoms with E-state index in [1.54, 1.807) is 0 Å². The molecule has 0 bridgehead atoms. The number of pyridine rings is 1. The Balaban J connectivity index is 2.20. The molecule has 0 spiro atoms. The van der Waals surface area contributed by atoms with Gasteiger partial charge in [0.05, 0.1) is 5.69 Å². The highest BCUT2D eigenvalue weighted by atomic mass is 16.1. The summed E-state index contributed by atoms with van der Waals surface area (Å²) >= 11 is 0. The van der Waals surface area contributed by atoms with E-state index in [1.807, 2.05) is 43.3 Å². The van der Waals surface area contributed by atoms with Crippen LogP contribution in [0.3, 0.4) is 0 Å². The van der Waals surface area contributed by atoms with Crippen LogP contribution in [0, 0.1) is 6.92 Å². The number of carbonyl (C=O) groups is 1. The van der Waals surface area contributed by atoms with E-state index in [0.717, 1.165) is 40.9 Å². The standard InChI is InChI=1S/C15H13NO/c1-10-6-8-13-14(16-10)9-7-11-4-2-3-5-12(11)15(13)17/h2-6,8H,7,9H2,1H3. The second-order valence-electron chi connectivity index (χ2n) is 4.43. The highest BCUT2D eigenvalue weighted by molar-refractivity contribution is 6.11. The quantitative estimate of drug-likeness (QED) is 0.687. The van der Waals surface area contributed by atoms with Crippen LogP contribution in [0.25, 0.3) is 0 Å². The van der Waals surface area contributed by atoms with Gasteiger partial charge in [-0.15, -0.1) is 0 Å². The van der Waals surface area contributed by atoms with Gasteiger partial charge in [0.1, 0.15) is 0 Å². The van der Waals surface area contributed by atoms with Gasteiger partial charge < -0.3 is 0 Å². The molecule has 17 heavy (non-hydrogen) atoms. The monoisotopic (exact) mass is 223 g/mol. The van der Waals surface area contributed by atoms with Crippen LogP contribution in [0.1, 0.15) is 32.9 Å². The van der Waals surface area contributed by atoms with Crippen LogP contribution in [0.5, 0.6) is 0 Å². The molecular formula is C15H13NO. The fourth-order valence-electron chi connectivity index (χ4n) is 2.37. The largest absolute Gasteiger partial charge is 0.289 e. The molecule has 0 saturated heterocycles. The van der Waals surface area contributed by atoms with Crippen molar-refractivity contribution in [1.82, 2.24) is 4.98 Å². The van der Waals surface area contributed by atoms with E-state index in [2.05, 4.69) is 4.98 Å². The van der Waals surface area contributed by atoms with Crippen LogP contribution < -0.4 is 0 Å². The Morgan fingerprint density at radius 3 is 2.71 bits per heavy atom. The predicted molar refractivity (Wildman–Crippen MR) is 66.3 cm³/mol. The number of fused-ring (bicyclic) bond motifs is 2. The maximum atomic E-state index is 12.4. The molecular weight excluding hydrogens is 210 g/mol. The molecule has 1 aliphatic carbocycles. The Bertz CT molecular complexity index is 602. The first-order chi connectivity index (χ1) is 8.25. The van der Waals surface area contributed by atoms with Crippen molar-refractivity contribution in [2.75, 3.05) is 0 Å². The third kappa shape index (κ3) is 1.66. The van der Waals surface area contributed by atoms with Crippen molar-refractivity contribution in [3.05, 3.63) is 64.5 Å². The van der Waals surface area contributed by atoms with Gasteiger partial charge in [0.25, 0.3) is 0 Å². The summed E-state index contributed by atoms with van der Waals surface area (Å²) in [6, 6.07) is 11.7. The molecule has 0 amide bonds. The SMILES string of the molecule is Cc1ccc2c(n1)CCc1ccccc1C2=O. The number of rotatable bonds is 0. The van der Waals surface area contributed by atoms with E-state index in [4.69, 9.17) is 0 Å². The Labute approximate surface area is 100 Å². The van der Waals surface area contributed by atoms with E-state index in [1.165, 1.54) is 0 Å². The number of hydrogen-bond acceptors (Lipinski definition) is 2. The number of aromatic nitrogens is 1. The first-order valence-electron chi connectivity index (χ1n) is 5.85. The number of aryl methyl sites for hydroxylation is 3. The predicted octanol–water partition coefficient (Wildman–Crippen LogP) is 2.72. The first-order valence-corrected chi connectivity index (χ1v) is 5.85. The zero-order valence-corrected chi connectivity index (χ0v) is 9.73. The van der Waals surface area contributed by atoms with Crippen molar-refractivity contribution >= 4 is 5.78 Å². The number of nitrogens with zero attached hydrogens (tertiary/aromatic N) is 1. The summed E-state index contributed by atoms with van der Waals surface area (Å²) in [5.74, 6) is 0.112. The van der Waals surface area contributed by atoms with Gasteiger partial charge >= 0.3 is 0 Å². The lowest BCUT2D eigenvalue weighted by molar-refractivity contribution is 0.103. The molecule has 1 aromatic heterocycles. The van der Waals surface area contributed by atoms with E-state index < -0.39 is 0 Å². The summed E-state index contributed by atoms with van der Waals surface area (Å²) in [6.45, 7) is 1.96. The van der Waals surface area contributed by atoms with Gasteiger partial charge in [-0.25, -0.2) is 0 Å². The minimum absolute atomic E-state index is 0.112. The summed E-state index contributed by atoms with van der Waals surface area (Å²) < 4.78 is 0. The molecule has 1 aromatic carbocycles. The van der Waals surface area contributed by atoms with Gasteiger partial charge in [-0.3, -0.25) is 9.78 Å². The van der Waals surface area contributed by atoms with Crippen molar-refractivity contribution in [2.24, 2.45) is 0 Å². The van der Waals surface area contributed by atoms with Crippen LogP contribution in [-0.2, 0) is 12.8 Å². The molecule has 2 heteroatoms. The average molecular weight is 223 g/mol. The third-order valence-corrected chi connectivity index (χ3v) is 3.25. The van der Waals surface area contributed by atoms with Gasteiger partial charge in [-0.1, -0.05) is 24.3 Å². The number of carbonyl (C=O) groups excluding carboxylic acids is 1. The lowest BCUT2D eigenvalue weighted by atomic mass is 10.0. The Morgan fingerprint density at radius 1 is 1.00 bits per heavy atom. The van der Waals surface area contributed by atoms with Crippen LogP contribution in [-0.4, -0.2) is 10.8 Å². The van der Waals surface area contributed by atoms with Crippen LogP contribution in [0.4, 0.5) is 0 Å². The molecule has 0 radical (unpaired) electrons. The molecule has 1 heterocycles. The molecule has 0 atom stereocenters. The molecule has 1 aliphatic rings. The second-order valence-corrected chi connectivity index (χ2v) is 4.43. The Hall–Kier alpha value is -1.96. The third-order valence-electron chi connectivity index (χ3n) is 3.25. The summed E-state index contributed by atoms with van der Waals surface area (Å²) in [5.41, 5.74) is 4.64. The van der Waals surface area contributed by atoms with Crippen molar-refractivity contribution in [1.29, 1.82) is 0 Å². The van der Waals surface area contributed by atoms with E-state index in [-0.39, 0.29) is 5.78 Å². The van der Waals surface area contributed by atoms with Crippen LogP contribution >= 0.6 is 0 Å². The minimum Gasteiger partial charge on any atom is -0.289 e.